The second kappa shape index (κ2) is 11.9. The molecule has 3 aromatic carbocycles. The van der Waals surface area contributed by atoms with E-state index in [4.69, 9.17) is 9.47 Å². The van der Waals surface area contributed by atoms with Crippen LogP contribution >= 0.6 is 0 Å². The zero-order chi connectivity index (χ0) is 25.4. The van der Waals surface area contributed by atoms with Crippen molar-refractivity contribution in [2.24, 2.45) is 0 Å². The van der Waals surface area contributed by atoms with Gasteiger partial charge in [-0.25, -0.2) is 8.42 Å². The van der Waals surface area contributed by atoms with Crippen molar-refractivity contribution in [2.45, 2.75) is 18.4 Å². The van der Waals surface area contributed by atoms with E-state index in [9.17, 15) is 13.2 Å². The lowest BCUT2D eigenvalue weighted by atomic mass is 10.2. The molecule has 4 rings (SSSR count). The Hall–Kier alpha value is -3.56. The van der Waals surface area contributed by atoms with E-state index in [-0.39, 0.29) is 18.0 Å². The van der Waals surface area contributed by atoms with Gasteiger partial charge in [-0.2, -0.15) is 0 Å². The fraction of sp³-hybridized carbons (Fsp3) is 0.296. The molecule has 190 valence electrons. The van der Waals surface area contributed by atoms with E-state index in [0.29, 0.717) is 31.3 Å². The molecule has 36 heavy (non-hydrogen) atoms. The predicted molar refractivity (Wildman–Crippen MR) is 140 cm³/mol. The van der Waals surface area contributed by atoms with Crippen LogP contribution in [0.5, 0.6) is 5.75 Å². The number of morpholine rings is 1. The number of carbonyl (C=O) groups excluding carboxylic acids is 1. The van der Waals surface area contributed by atoms with E-state index in [1.165, 1.54) is 12.1 Å². The maximum Gasteiger partial charge on any atom is 0.264 e. The average Bonchev–Trinajstić information content (AvgIpc) is 2.92. The number of benzene rings is 3. The number of carbonyl (C=O) groups is 1. The van der Waals surface area contributed by atoms with Gasteiger partial charge in [0.2, 0.25) is 5.91 Å². The second-order valence-electron chi connectivity index (χ2n) is 8.27. The van der Waals surface area contributed by atoms with Crippen molar-refractivity contribution in [1.29, 1.82) is 0 Å². The number of nitrogens with zero attached hydrogens (tertiary/aromatic N) is 2. The predicted octanol–water partition coefficient (Wildman–Crippen LogP) is 3.43. The number of amides is 1. The molecule has 0 aliphatic carbocycles. The smallest absolute Gasteiger partial charge is 0.264 e. The quantitative estimate of drug-likeness (QED) is 0.451. The van der Waals surface area contributed by atoms with Crippen molar-refractivity contribution in [1.82, 2.24) is 5.32 Å². The Bertz CT molecular complexity index is 1240. The summed E-state index contributed by atoms with van der Waals surface area (Å²) in [6.07, 6.45) is 0. The summed E-state index contributed by atoms with van der Waals surface area (Å²) in [5, 5.41) is 2.85. The average molecular weight is 510 g/mol. The number of anilines is 2. The van der Waals surface area contributed by atoms with Gasteiger partial charge in [0.25, 0.3) is 10.0 Å². The minimum Gasteiger partial charge on any atom is -0.492 e. The zero-order valence-corrected chi connectivity index (χ0v) is 21.1. The van der Waals surface area contributed by atoms with Gasteiger partial charge in [0, 0.05) is 25.3 Å². The van der Waals surface area contributed by atoms with Crippen LogP contribution in [0.15, 0.2) is 83.8 Å². The normalized spacial score (nSPS) is 13.8. The van der Waals surface area contributed by atoms with Crippen LogP contribution in [-0.4, -0.2) is 53.8 Å². The Morgan fingerprint density at radius 2 is 1.64 bits per heavy atom. The molecule has 0 atom stereocenters. The van der Waals surface area contributed by atoms with Crippen LogP contribution in [0, 0.1) is 0 Å². The van der Waals surface area contributed by atoms with Gasteiger partial charge in [-0.1, -0.05) is 42.5 Å². The molecule has 1 aliphatic rings. The van der Waals surface area contributed by atoms with Crippen molar-refractivity contribution in [2.75, 3.05) is 48.7 Å². The highest BCUT2D eigenvalue weighted by molar-refractivity contribution is 7.92. The molecule has 0 bridgehead atoms. The molecule has 1 saturated heterocycles. The molecule has 3 aromatic rings. The molecular weight excluding hydrogens is 478 g/mol. The molecule has 9 heteroatoms. The Balaban J connectivity index is 1.50. The highest BCUT2D eigenvalue weighted by atomic mass is 32.2. The van der Waals surface area contributed by atoms with E-state index in [1.807, 2.05) is 31.2 Å². The summed E-state index contributed by atoms with van der Waals surface area (Å²) < 4.78 is 39.3. The molecule has 0 aromatic heterocycles. The first-order valence-electron chi connectivity index (χ1n) is 12.0. The highest BCUT2D eigenvalue weighted by Gasteiger charge is 2.29. The minimum absolute atomic E-state index is 0.0998. The van der Waals surface area contributed by atoms with Crippen molar-refractivity contribution in [3.8, 4) is 5.75 Å². The monoisotopic (exact) mass is 509 g/mol. The van der Waals surface area contributed by atoms with Crippen LogP contribution in [0.1, 0.15) is 12.5 Å². The molecule has 1 N–H and O–H groups in total. The lowest BCUT2D eigenvalue weighted by Gasteiger charge is -2.29. The molecule has 0 unspecified atom stereocenters. The van der Waals surface area contributed by atoms with Crippen molar-refractivity contribution in [3.63, 3.8) is 0 Å². The summed E-state index contributed by atoms with van der Waals surface area (Å²) in [5.74, 6) is -0.0240. The number of ether oxygens (including phenoxy) is 2. The van der Waals surface area contributed by atoms with Gasteiger partial charge in [-0.05, 0) is 48.9 Å². The lowest BCUT2D eigenvalue weighted by molar-refractivity contribution is -0.119. The van der Waals surface area contributed by atoms with Crippen molar-refractivity contribution in [3.05, 3.63) is 84.4 Å². The topological polar surface area (TPSA) is 88.2 Å². The Morgan fingerprint density at radius 3 is 2.33 bits per heavy atom. The number of rotatable bonds is 10. The summed E-state index contributed by atoms with van der Waals surface area (Å²) in [7, 11) is -4.01. The van der Waals surface area contributed by atoms with Crippen LogP contribution in [-0.2, 0) is 26.1 Å². The van der Waals surface area contributed by atoms with Gasteiger partial charge in [0.05, 0.1) is 30.4 Å². The first-order chi connectivity index (χ1) is 17.5. The van der Waals surface area contributed by atoms with Gasteiger partial charge in [-0.3, -0.25) is 9.10 Å². The number of hydrogen-bond acceptors (Lipinski definition) is 6. The highest BCUT2D eigenvalue weighted by Crippen LogP contribution is 2.32. The fourth-order valence-electron chi connectivity index (χ4n) is 3.99. The van der Waals surface area contributed by atoms with Gasteiger partial charge in [0.1, 0.15) is 12.3 Å². The lowest BCUT2D eigenvalue weighted by Crippen LogP contribution is -2.41. The molecule has 1 fully saturated rings. The van der Waals surface area contributed by atoms with E-state index < -0.39 is 15.9 Å². The van der Waals surface area contributed by atoms with Crippen molar-refractivity contribution >= 4 is 27.3 Å². The van der Waals surface area contributed by atoms with Gasteiger partial charge in [0.15, 0.2) is 0 Å². The molecular formula is C27H31N3O5S. The van der Waals surface area contributed by atoms with Gasteiger partial charge >= 0.3 is 0 Å². The van der Waals surface area contributed by atoms with Gasteiger partial charge in [-0.15, -0.1) is 0 Å². The summed E-state index contributed by atoms with van der Waals surface area (Å²) in [5.41, 5.74) is 2.35. The third-order valence-electron chi connectivity index (χ3n) is 5.85. The largest absolute Gasteiger partial charge is 0.492 e. The number of sulfonamides is 1. The standard InChI is InChI=1S/C27H31N3O5S/c1-2-35-26-11-7-6-10-25(26)30(36(32,33)24-8-4-3-5-9-24)21-27(31)28-20-22-12-14-23(15-13-22)29-16-18-34-19-17-29/h3-15H,2,16-21H2,1H3,(H,28,31). The van der Waals surface area contributed by atoms with E-state index in [1.54, 1.807) is 42.5 Å². The third kappa shape index (κ3) is 6.16. The number of para-hydroxylation sites is 2. The molecule has 1 heterocycles. The fourth-order valence-corrected chi connectivity index (χ4v) is 5.45. The molecule has 0 radical (unpaired) electrons. The molecule has 1 amide bonds. The van der Waals surface area contributed by atoms with E-state index >= 15 is 0 Å². The van der Waals surface area contributed by atoms with Crippen LogP contribution in [0.3, 0.4) is 0 Å². The maximum absolute atomic E-state index is 13.6. The first kappa shape index (κ1) is 25.5. The molecule has 1 aliphatic heterocycles. The van der Waals surface area contributed by atoms with Crippen LogP contribution < -0.4 is 19.3 Å². The first-order valence-corrected chi connectivity index (χ1v) is 13.4. The number of hydrogen-bond donors (Lipinski definition) is 1. The van der Waals surface area contributed by atoms with E-state index in [0.717, 1.165) is 28.6 Å². The SMILES string of the molecule is CCOc1ccccc1N(CC(=O)NCc1ccc(N2CCOCC2)cc1)S(=O)(=O)c1ccccc1. The summed E-state index contributed by atoms with van der Waals surface area (Å²) in [6, 6.07) is 22.9. The molecule has 0 spiro atoms. The molecule has 0 saturated carbocycles. The Labute approximate surface area is 212 Å². The summed E-state index contributed by atoms with van der Waals surface area (Å²) >= 11 is 0. The van der Waals surface area contributed by atoms with Gasteiger partial charge < -0.3 is 19.7 Å². The molecule has 8 nitrogen and oxygen atoms in total. The van der Waals surface area contributed by atoms with Crippen molar-refractivity contribution < 1.29 is 22.7 Å². The van der Waals surface area contributed by atoms with Crippen LogP contribution in [0.2, 0.25) is 0 Å². The third-order valence-corrected chi connectivity index (χ3v) is 7.63. The van der Waals surface area contributed by atoms with E-state index in [2.05, 4.69) is 10.2 Å². The Kier molecular flexibility index (Phi) is 8.45. The second-order valence-corrected chi connectivity index (χ2v) is 10.1. The number of nitrogens with one attached hydrogen (secondary N) is 1. The van der Waals surface area contributed by atoms with Crippen LogP contribution in [0.25, 0.3) is 0 Å². The van der Waals surface area contributed by atoms with Crippen LogP contribution in [0.4, 0.5) is 11.4 Å². The summed E-state index contributed by atoms with van der Waals surface area (Å²) in [4.78, 5) is 15.3. The maximum atomic E-state index is 13.6. The minimum atomic E-state index is -4.01. The summed E-state index contributed by atoms with van der Waals surface area (Å²) in [6.45, 7) is 5.23. The zero-order valence-electron chi connectivity index (χ0n) is 20.3. The Morgan fingerprint density at radius 1 is 0.972 bits per heavy atom.